The fourth-order valence-corrected chi connectivity index (χ4v) is 2.71. The number of hydrogen-bond donors (Lipinski definition) is 1. The molecular formula is C16H17ClN4O5. The van der Waals surface area contributed by atoms with Gasteiger partial charge in [0, 0.05) is 17.3 Å². The molecule has 2 heterocycles. The van der Waals surface area contributed by atoms with E-state index < -0.39 is 12.1 Å². The Kier molecular flexibility index (Phi) is 5.38. The van der Waals surface area contributed by atoms with Crippen LogP contribution >= 0.6 is 11.6 Å². The van der Waals surface area contributed by atoms with E-state index in [4.69, 9.17) is 16.3 Å². The van der Waals surface area contributed by atoms with Gasteiger partial charge in [0.15, 0.2) is 13.0 Å². The van der Waals surface area contributed by atoms with E-state index in [1.807, 2.05) is 0 Å². The summed E-state index contributed by atoms with van der Waals surface area (Å²) in [6.07, 6.45) is -1.03. The van der Waals surface area contributed by atoms with Crippen molar-refractivity contribution in [3.05, 3.63) is 35.0 Å². The average Bonchev–Trinajstić information content (AvgIpc) is 2.92. The molecule has 138 valence electrons. The van der Waals surface area contributed by atoms with Crippen LogP contribution < -0.4 is 15.1 Å². The Balaban J connectivity index is 1.60. The van der Waals surface area contributed by atoms with Gasteiger partial charge in [-0.3, -0.25) is 9.59 Å². The van der Waals surface area contributed by atoms with Crippen molar-refractivity contribution in [2.45, 2.75) is 19.1 Å². The Morgan fingerprint density at radius 3 is 2.85 bits per heavy atom. The normalized spacial score (nSPS) is 17.4. The second-order valence-electron chi connectivity index (χ2n) is 5.81. The molecule has 9 nitrogen and oxygen atoms in total. The van der Waals surface area contributed by atoms with Crippen molar-refractivity contribution in [1.29, 1.82) is 0 Å². The molecule has 1 fully saturated rings. The summed E-state index contributed by atoms with van der Waals surface area (Å²) in [4.78, 5) is 26.2. The van der Waals surface area contributed by atoms with Crippen LogP contribution in [0.15, 0.2) is 28.8 Å². The van der Waals surface area contributed by atoms with Crippen LogP contribution in [-0.4, -0.2) is 41.2 Å². The third-order valence-electron chi connectivity index (χ3n) is 3.98. The number of carbonyl (C=O) groups excluding carboxylic acids is 2. The molecule has 1 aromatic carbocycles. The van der Waals surface area contributed by atoms with Gasteiger partial charge in [-0.2, -0.15) is 0 Å². The summed E-state index contributed by atoms with van der Waals surface area (Å²) < 4.78 is 11.3. The molecule has 0 radical (unpaired) electrons. The van der Waals surface area contributed by atoms with Crippen LogP contribution in [0, 0.1) is 0 Å². The number of morpholine rings is 1. The lowest BCUT2D eigenvalue weighted by atomic mass is 10.1. The molecule has 1 atom stereocenters. The molecule has 3 rings (SSSR count). The quantitative estimate of drug-likeness (QED) is 0.730. The third kappa shape index (κ3) is 4.12. The van der Waals surface area contributed by atoms with Crippen LogP contribution in [0.3, 0.4) is 0 Å². The fraction of sp³-hybridized carbons (Fsp3) is 0.375. The number of aromatic nitrogens is 2. The molecule has 0 aliphatic carbocycles. The van der Waals surface area contributed by atoms with Gasteiger partial charge in [-0.1, -0.05) is 16.3 Å². The van der Waals surface area contributed by atoms with E-state index in [0.717, 1.165) is 0 Å². The molecule has 10 heteroatoms. The first-order chi connectivity index (χ1) is 12.4. The molecule has 1 saturated heterocycles. The van der Waals surface area contributed by atoms with E-state index in [1.54, 1.807) is 31.3 Å². The summed E-state index contributed by atoms with van der Waals surface area (Å²) in [5.41, 5.74) is 0.830. The van der Waals surface area contributed by atoms with Crippen molar-refractivity contribution in [3.8, 4) is 5.95 Å². The number of aryl methyl sites for hydroxylation is 1. The van der Waals surface area contributed by atoms with E-state index in [2.05, 4.69) is 15.1 Å². The van der Waals surface area contributed by atoms with E-state index >= 15 is 0 Å². The van der Waals surface area contributed by atoms with Gasteiger partial charge < -0.3 is 24.6 Å². The molecule has 2 aromatic rings. The predicted octanol–water partition coefficient (Wildman–Crippen LogP) is -0.0177. The zero-order chi connectivity index (χ0) is 18.7. The second kappa shape index (κ2) is 7.71. The van der Waals surface area contributed by atoms with Crippen LogP contribution in [0.1, 0.15) is 12.1 Å². The zero-order valence-electron chi connectivity index (χ0n) is 14.0. The summed E-state index contributed by atoms with van der Waals surface area (Å²) in [5, 5.41) is 18.4. The SMILES string of the molecule is C[n+]1noc([O-])c1CN1CCOC(CC(=O)Nc2ccc(Cl)cc2)C1=O. The van der Waals surface area contributed by atoms with Gasteiger partial charge in [-0.15, -0.1) is 0 Å². The molecular weight excluding hydrogens is 364 g/mol. The van der Waals surface area contributed by atoms with Gasteiger partial charge >= 0.3 is 0 Å². The molecule has 2 amide bonds. The lowest BCUT2D eigenvalue weighted by molar-refractivity contribution is -0.746. The summed E-state index contributed by atoms with van der Waals surface area (Å²) in [6, 6.07) is 6.64. The van der Waals surface area contributed by atoms with Gasteiger partial charge in [0.2, 0.25) is 5.91 Å². The van der Waals surface area contributed by atoms with Crippen LogP contribution in [0.5, 0.6) is 5.95 Å². The van der Waals surface area contributed by atoms with Crippen LogP contribution in [0.25, 0.3) is 0 Å². The predicted molar refractivity (Wildman–Crippen MR) is 87.0 cm³/mol. The van der Waals surface area contributed by atoms with Crippen molar-refractivity contribution in [3.63, 3.8) is 0 Å². The van der Waals surface area contributed by atoms with E-state index in [9.17, 15) is 14.7 Å². The van der Waals surface area contributed by atoms with Crippen molar-refractivity contribution in [1.82, 2.24) is 10.2 Å². The second-order valence-corrected chi connectivity index (χ2v) is 6.25. The standard InChI is InChI=1S/C16H17ClN4O5/c1-20-12(16(24)26-19-20)9-21-6-7-25-13(15(21)23)8-14(22)18-11-4-2-10(17)3-5-11/h2-5,13H,6-9H2,1H3,(H-,18,19,22,24). The number of rotatable bonds is 5. The average molecular weight is 381 g/mol. The number of amides is 2. The minimum Gasteiger partial charge on any atom is -0.539 e. The third-order valence-corrected chi connectivity index (χ3v) is 4.23. The minimum absolute atomic E-state index is 0.0519. The Hall–Kier alpha value is -2.65. The Morgan fingerprint density at radius 1 is 1.46 bits per heavy atom. The first-order valence-electron chi connectivity index (χ1n) is 7.91. The Bertz CT molecular complexity index is 788. The van der Waals surface area contributed by atoms with Gasteiger partial charge in [-0.25, -0.2) is 0 Å². The maximum absolute atomic E-state index is 12.5. The van der Waals surface area contributed by atoms with Gasteiger partial charge in [0.1, 0.15) is 12.6 Å². The minimum atomic E-state index is -0.906. The first-order valence-corrected chi connectivity index (χ1v) is 8.29. The lowest BCUT2D eigenvalue weighted by Crippen LogP contribution is -2.50. The fourth-order valence-electron chi connectivity index (χ4n) is 2.59. The highest BCUT2D eigenvalue weighted by molar-refractivity contribution is 6.30. The molecule has 0 saturated carbocycles. The Morgan fingerprint density at radius 2 is 2.19 bits per heavy atom. The summed E-state index contributed by atoms with van der Waals surface area (Å²) in [5.74, 6) is -1.31. The number of halogens is 1. The highest BCUT2D eigenvalue weighted by Gasteiger charge is 2.33. The molecule has 1 unspecified atom stereocenters. The van der Waals surface area contributed by atoms with Crippen molar-refractivity contribution >= 4 is 29.1 Å². The number of nitrogens with zero attached hydrogens (tertiary/aromatic N) is 3. The molecule has 0 spiro atoms. The Labute approximate surface area is 154 Å². The molecule has 26 heavy (non-hydrogen) atoms. The summed E-state index contributed by atoms with van der Waals surface area (Å²) in [7, 11) is 1.56. The number of hydrogen-bond acceptors (Lipinski definition) is 6. The van der Waals surface area contributed by atoms with Crippen LogP contribution in [0.2, 0.25) is 5.02 Å². The number of anilines is 1. The summed E-state index contributed by atoms with van der Waals surface area (Å²) >= 11 is 5.80. The largest absolute Gasteiger partial charge is 0.539 e. The molecule has 1 aromatic heterocycles. The topological polar surface area (TPSA) is 112 Å². The lowest BCUT2D eigenvalue weighted by Gasteiger charge is -2.31. The summed E-state index contributed by atoms with van der Waals surface area (Å²) in [6.45, 7) is 0.642. The van der Waals surface area contributed by atoms with Gasteiger partial charge in [0.05, 0.1) is 18.3 Å². The maximum atomic E-state index is 12.5. The van der Waals surface area contributed by atoms with Gasteiger partial charge in [0.25, 0.3) is 11.6 Å². The molecule has 1 N–H and O–H groups in total. The maximum Gasteiger partial charge on any atom is 0.252 e. The van der Waals surface area contributed by atoms with Crippen LogP contribution in [0.4, 0.5) is 5.69 Å². The number of benzene rings is 1. The van der Waals surface area contributed by atoms with E-state index in [1.165, 1.54) is 9.58 Å². The highest BCUT2D eigenvalue weighted by Crippen LogP contribution is 2.18. The zero-order valence-corrected chi connectivity index (χ0v) is 14.7. The number of ether oxygens (including phenoxy) is 1. The van der Waals surface area contributed by atoms with Crippen LogP contribution in [-0.2, 0) is 27.9 Å². The molecule has 1 aliphatic heterocycles. The first kappa shape index (κ1) is 18.2. The molecule has 0 bridgehead atoms. The molecule has 1 aliphatic rings. The van der Waals surface area contributed by atoms with Crippen molar-refractivity contribution < 1.29 is 28.6 Å². The van der Waals surface area contributed by atoms with E-state index in [-0.39, 0.29) is 37.1 Å². The van der Waals surface area contributed by atoms with Crippen molar-refractivity contribution in [2.24, 2.45) is 7.05 Å². The highest BCUT2D eigenvalue weighted by atomic mass is 35.5. The van der Waals surface area contributed by atoms with Gasteiger partial charge in [-0.05, 0) is 24.3 Å². The number of carbonyl (C=O) groups is 2. The van der Waals surface area contributed by atoms with Crippen molar-refractivity contribution in [2.75, 3.05) is 18.5 Å². The number of nitrogens with one attached hydrogen (secondary N) is 1. The van der Waals surface area contributed by atoms with E-state index in [0.29, 0.717) is 17.3 Å². The monoisotopic (exact) mass is 380 g/mol. The smallest absolute Gasteiger partial charge is 0.252 e.